The van der Waals surface area contributed by atoms with Crippen molar-refractivity contribution in [2.75, 3.05) is 19.6 Å². The van der Waals surface area contributed by atoms with Crippen molar-refractivity contribution >= 4 is 12.4 Å². The molecule has 2 fully saturated rings. The quantitative estimate of drug-likeness (QED) is 0.663. The SMILES string of the molecule is C1=C\CN2C3=C(CC/1)CC[C@@H](C1CCCCC1)C3=C1CCNC[C@@H]12.Cl. The first-order chi connectivity index (χ1) is 11.9. The average Bonchev–Trinajstić information content (AvgIpc) is 2.95. The Hall–Kier alpha value is -0.730. The van der Waals surface area contributed by atoms with Gasteiger partial charge in [-0.1, -0.05) is 31.4 Å². The molecule has 1 N–H and O–H groups in total. The van der Waals surface area contributed by atoms with Gasteiger partial charge >= 0.3 is 0 Å². The van der Waals surface area contributed by atoms with Gasteiger partial charge in [0.15, 0.2) is 0 Å². The number of hydrogen-bond donors (Lipinski definition) is 1. The Morgan fingerprint density at radius 1 is 0.960 bits per heavy atom. The third kappa shape index (κ3) is 3.00. The standard InChI is InChI=1S/C22H32N2.ClH/c1-3-7-16(8-4-1)18-11-10-17-9-5-2-6-14-24-20-15-23-13-12-19(20)21(18)22(17)24;/h2,6,16,18,20,23H,1,3-5,7-15H2;1H/b6-2-;/t18-,20-;/m0./s1. The summed E-state index contributed by atoms with van der Waals surface area (Å²) in [6.07, 6.45) is 18.9. The maximum absolute atomic E-state index is 3.68. The molecule has 0 aromatic rings. The van der Waals surface area contributed by atoms with E-state index in [1.54, 1.807) is 11.3 Å². The van der Waals surface area contributed by atoms with Crippen LogP contribution in [0.4, 0.5) is 0 Å². The predicted octanol–water partition coefficient (Wildman–Crippen LogP) is 4.98. The predicted molar refractivity (Wildman–Crippen MR) is 107 cm³/mol. The summed E-state index contributed by atoms with van der Waals surface area (Å²) in [6.45, 7) is 3.50. The van der Waals surface area contributed by atoms with Gasteiger partial charge in [0.05, 0.1) is 6.04 Å². The van der Waals surface area contributed by atoms with Gasteiger partial charge in [-0.05, 0) is 80.0 Å². The summed E-state index contributed by atoms with van der Waals surface area (Å²) in [5.74, 6) is 1.86. The number of nitrogens with one attached hydrogen (secondary N) is 1. The third-order valence-electron chi connectivity index (χ3n) is 7.34. The van der Waals surface area contributed by atoms with Gasteiger partial charge in [-0.25, -0.2) is 0 Å². The first-order valence-corrected chi connectivity index (χ1v) is 10.5. The van der Waals surface area contributed by atoms with Crippen LogP contribution in [0.25, 0.3) is 0 Å². The van der Waals surface area contributed by atoms with Crippen molar-refractivity contribution in [3.8, 4) is 0 Å². The van der Waals surface area contributed by atoms with E-state index in [0.29, 0.717) is 6.04 Å². The van der Waals surface area contributed by atoms with Crippen LogP contribution in [-0.4, -0.2) is 30.6 Å². The Morgan fingerprint density at radius 2 is 1.84 bits per heavy atom. The molecule has 5 aliphatic rings. The number of nitrogens with zero attached hydrogens (tertiary/aromatic N) is 1. The molecular weight excluding hydrogens is 328 g/mol. The Morgan fingerprint density at radius 3 is 2.72 bits per heavy atom. The van der Waals surface area contributed by atoms with Crippen LogP contribution in [0.15, 0.2) is 34.6 Å². The van der Waals surface area contributed by atoms with Crippen LogP contribution in [0.2, 0.25) is 0 Å². The van der Waals surface area contributed by atoms with Crippen LogP contribution < -0.4 is 5.32 Å². The fourth-order valence-corrected chi connectivity index (χ4v) is 6.26. The van der Waals surface area contributed by atoms with Crippen LogP contribution in [-0.2, 0) is 0 Å². The highest BCUT2D eigenvalue weighted by atomic mass is 35.5. The summed E-state index contributed by atoms with van der Waals surface area (Å²) < 4.78 is 0. The van der Waals surface area contributed by atoms with Gasteiger partial charge in [0.2, 0.25) is 0 Å². The van der Waals surface area contributed by atoms with Crippen molar-refractivity contribution in [3.05, 3.63) is 34.6 Å². The van der Waals surface area contributed by atoms with Crippen molar-refractivity contribution < 1.29 is 0 Å². The normalized spacial score (nSPS) is 34.0. The molecule has 3 aliphatic heterocycles. The highest BCUT2D eigenvalue weighted by molar-refractivity contribution is 5.85. The zero-order valence-corrected chi connectivity index (χ0v) is 16.3. The molecule has 5 rings (SSSR count). The first-order valence-electron chi connectivity index (χ1n) is 10.5. The summed E-state index contributed by atoms with van der Waals surface area (Å²) in [6, 6.07) is 0.658. The van der Waals surface area contributed by atoms with Gasteiger partial charge in [-0.2, -0.15) is 0 Å². The van der Waals surface area contributed by atoms with E-state index in [9.17, 15) is 0 Å². The van der Waals surface area contributed by atoms with Gasteiger partial charge in [-0.3, -0.25) is 0 Å². The molecule has 0 aromatic carbocycles. The fourth-order valence-electron chi connectivity index (χ4n) is 6.26. The minimum Gasteiger partial charge on any atom is -0.360 e. The van der Waals surface area contributed by atoms with Crippen molar-refractivity contribution in [1.29, 1.82) is 0 Å². The average molecular weight is 361 g/mol. The largest absolute Gasteiger partial charge is 0.360 e. The Labute approximate surface area is 159 Å². The molecular formula is C22H33ClN2. The van der Waals surface area contributed by atoms with Gasteiger partial charge < -0.3 is 10.2 Å². The number of fused-ring (bicyclic) bond motifs is 2. The molecule has 2 nitrogen and oxygen atoms in total. The zero-order valence-electron chi connectivity index (χ0n) is 15.4. The van der Waals surface area contributed by atoms with Gasteiger partial charge in [0, 0.05) is 18.8 Å². The maximum Gasteiger partial charge on any atom is 0.0637 e. The Bertz CT molecular complexity index is 597. The summed E-state index contributed by atoms with van der Waals surface area (Å²) in [5, 5.41) is 3.68. The molecule has 0 radical (unpaired) electrons. The molecule has 1 saturated heterocycles. The second-order valence-electron chi connectivity index (χ2n) is 8.57. The third-order valence-corrected chi connectivity index (χ3v) is 7.34. The van der Waals surface area contributed by atoms with Gasteiger partial charge in [0.1, 0.15) is 0 Å². The molecule has 2 atom stereocenters. The van der Waals surface area contributed by atoms with E-state index in [2.05, 4.69) is 22.4 Å². The molecule has 138 valence electrons. The lowest BCUT2D eigenvalue weighted by Crippen LogP contribution is -2.43. The van der Waals surface area contributed by atoms with E-state index >= 15 is 0 Å². The molecule has 0 spiro atoms. The summed E-state index contributed by atoms with van der Waals surface area (Å²) in [7, 11) is 0. The molecule has 0 unspecified atom stereocenters. The Kier molecular flexibility index (Phi) is 5.29. The molecule has 3 heterocycles. The van der Waals surface area contributed by atoms with E-state index in [0.717, 1.165) is 18.4 Å². The summed E-state index contributed by atoms with van der Waals surface area (Å²) >= 11 is 0. The van der Waals surface area contributed by atoms with Crippen molar-refractivity contribution in [2.45, 2.75) is 70.3 Å². The molecule has 3 heteroatoms. The van der Waals surface area contributed by atoms with Crippen LogP contribution in [0.1, 0.15) is 64.2 Å². The topological polar surface area (TPSA) is 15.3 Å². The van der Waals surface area contributed by atoms with E-state index < -0.39 is 0 Å². The highest BCUT2D eigenvalue weighted by Gasteiger charge is 2.44. The maximum atomic E-state index is 3.68. The van der Waals surface area contributed by atoms with Crippen LogP contribution in [0.5, 0.6) is 0 Å². The van der Waals surface area contributed by atoms with Crippen molar-refractivity contribution in [2.24, 2.45) is 11.8 Å². The number of piperidine rings is 1. The number of halogens is 1. The lowest BCUT2D eigenvalue weighted by Gasteiger charge is -2.39. The van der Waals surface area contributed by atoms with Crippen molar-refractivity contribution in [3.63, 3.8) is 0 Å². The number of allylic oxidation sites excluding steroid dienone is 3. The lowest BCUT2D eigenvalue weighted by molar-refractivity contribution is 0.251. The van der Waals surface area contributed by atoms with E-state index in [1.165, 1.54) is 77.3 Å². The molecule has 25 heavy (non-hydrogen) atoms. The first kappa shape index (κ1) is 17.7. The second kappa shape index (κ2) is 7.48. The number of rotatable bonds is 1. The minimum atomic E-state index is 0. The molecule has 2 aliphatic carbocycles. The number of hydrogen-bond acceptors (Lipinski definition) is 2. The van der Waals surface area contributed by atoms with Crippen LogP contribution >= 0.6 is 12.4 Å². The van der Waals surface area contributed by atoms with E-state index in [-0.39, 0.29) is 12.4 Å². The van der Waals surface area contributed by atoms with Crippen molar-refractivity contribution in [1.82, 2.24) is 10.2 Å². The monoisotopic (exact) mass is 360 g/mol. The van der Waals surface area contributed by atoms with Crippen LogP contribution in [0, 0.1) is 11.8 Å². The smallest absolute Gasteiger partial charge is 0.0637 e. The minimum absolute atomic E-state index is 0. The molecule has 0 amide bonds. The van der Waals surface area contributed by atoms with Gasteiger partial charge in [0.25, 0.3) is 0 Å². The van der Waals surface area contributed by atoms with Gasteiger partial charge in [-0.15, -0.1) is 12.4 Å². The van der Waals surface area contributed by atoms with E-state index in [4.69, 9.17) is 0 Å². The fraction of sp³-hybridized carbons (Fsp3) is 0.727. The van der Waals surface area contributed by atoms with E-state index in [1.807, 2.05) is 11.1 Å². The summed E-state index contributed by atoms with van der Waals surface area (Å²) in [4.78, 5) is 2.79. The van der Waals surface area contributed by atoms with Crippen LogP contribution in [0.3, 0.4) is 0 Å². The highest BCUT2D eigenvalue weighted by Crippen LogP contribution is 2.52. The second-order valence-corrected chi connectivity index (χ2v) is 8.57. The zero-order chi connectivity index (χ0) is 15.9. The lowest BCUT2D eigenvalue weighted by atomic mass is 9.69. The Balaban J connectivity index is 0.00000157. The molecule has 0 aromatic heterocycles. The summed E-state index contributed by atoms with van der Waals surface area (Å²) in [5.41, 5.74) is 7.24. The molecule has 1 saturated carbocycles. The molecule has 0 bridgehead atoms.